The van der Waals surface area contributed by atoms with E-state index in [1.54, 1.807) is 36.7 Å². The zero-order valence-corrected chi connectivity index (χ0v) is 17.6. The Kier molecular flexibility index (Phi) is 9.20. The van der Waals surface area contributed by atoms with Gasteiger partial charge in [-0.15, -0.1) is 24.8 Å². The molecule has 1 aliphatic rings. The van der Waals surface area contributed by atoms with Crippen molar-refractivity contribution in [3.63, 3.8) is 0 Å². The minimum Gasteiger partial charge on any atom is -0.477 e. The highest BCUT2D eigenvalue weighted by Gasteiger charge is 2.50. The maximum atomic E-state index is 12.3. The van der Waals surface area contributed by atoms with Crippen molar-refractivity contribution in [1.29, 1.82) is 0 Å². The van der Waals surface area contributed by atoms with Gasteiger partial charge >= 0.3 is 5.97 Å². The molecule has 0 aliphatic carbocycles. The third kappa shape index (κ3) is 5.74. The van der Waals surface area contributed by atoms with Crippen molar-refractivity contribution >= 4 is 42.4 Å². The molecular formula is C20H25Cl2N3O4. The van der Waals surface area contributed by atoms with Crippen molar-refractivity contribution in [2.45, 2.75) is 25.5 Å². The lowest BCUT2D eigenvalue weighted by atomic mass is 9.85. The Balaban J connectivity index is 0.00000210. The third-order valence-corrected chi connectivity index (χ3v) is 4.80. The fraction of sp³-hybridized carbons (Fsp3) is 0.350. The van der Waals surface area contributed by atoms with E-state index in [9.17, 15) is 14.7 Å². The molecule has 2 aromatic rings. The normalized spacial score (nSPS) is 15.8. The molecule has 1 aromatic heterocycles. The summed E-state index contributed by atoms with van der Waals surface area (Å²) < 4.78 is 5.89. The SMILES string of the molecule is CC(=O)NC(Oc1ccccc1)(C(=O)O)C1CCN(c2ccncc2)CC1.Cl.Cl. The van der Waals surface area contributed by atoms with Gasteiger partial charge in [0.2, 0.25) is 5.91 Å². The van der Waals surface area contributed by atoms with Gasteiger partial charge in [0.1, 0.15) is 5.75 Å². The molecular weight excluding hydrogens is 417 g/mol. The lowest BCUT2D eigenvalue weighted by Crippen LogP contribution is -2.64. The van der Waals surface area contributed by atoms with Crippen LogP contribution >= 0.6 is 24.8 Å². The number of hydrogen-bond acceptors (Lipinski definition) is 5. The summed E-state index contributed by atoms with van der Waals surface area (Å²) in [5, 5.41) is 12.6. The van der Waals surface area contributed by atoms with E-state index in [0.717, 1.165) is 5.69 Å². The summed E-state index contributed by atoms with van der Waals surface area (Å²) in [5.74, 6) is -1.59. The molecule has 9 heteroatoms. The third-order valence-electron chi connectivity index (χ3n) is 4.80. The Morgan fingerprint density at radius 3 is 2.21 bits per heavy atom. The molecule has 1 unspecified atom stereocenters. The second kappa shape index (κ2) is 10.9. The van der Waals surface area contributed by atoms with Crippen LogP contribution in [0, 0.1) is 5.92 Å². The minimum atomic E-state index is -1.79. The fourth-order valence-electron chi connectivity index (χ4n) is 3.52. The number of piperidine rings is 1. The molecule has 1 aliphatic heterocycles. The van der Waals surface area contributed by atoms with Crippen LogP contribution in [0.1, 0.15) is 19.8 Å². The van der Waals surface area contributed by atoms with E-state index in [1.165, 1.54) is 6.92 Å². The number of aliphatic carboxylic acids is 1. The molecule has 2 heterocycles. The molecule has 3 rings (SSSR count). The van der Waals surface area contributed by atoms with E-state index in [1.807, 2.05) is 18.2 Å². The van der Waals surface area contributed by atoms with Gasteiger partial charge in [-0.05, 0) is 37.1 Å². The number of ether oxygens (including phenoxy) is 1. The molecule has 1 aromatic carbocycles. The van der Waals surface area contributed by atoms with Crippen LogP contribution in [0.2, 0.25) is 0 Å². The number of anilines is 1. The first-order valence-corrected chi connectivity index (χ1v) is 8.92. The summed E-state index contributed by atoms with van der Waals surface area (Å²) in [5.41, 5.74) is -0.745. The highest BCUT2D eigenvalue weighted by molar-refractivity contribution is 5.86. The van der Waals surface area contributed by atoms with Crippen LogP contribution < -0.4 is 15.0 Å². The zero-order valence-electron chi connectivity index (χ0n) is 16.0. The molecule has 0 bridgehead atoms. The molecule has 2 N–H and O–H groups in total. The molecule has 0 spiro atoms. The van der Waals surface area contributed by atoms with Gasteiger partial charge in [-0.3, -0.25) is 9.78 Å². The number of carbonyl (C=O) groups is 2. The lowest BCUT2D eigenvalue weighted by molar-refractivity contribution is -0.169. The lowest BCUT2D eigenvalue weighted by Gasteiger charge is -2.42. The quantitative estimate of drug-likeness (QED) is 0.668. The van der Waals surface area contributed by atoms with Crippen molar-refractivity contribution < 1.29 is 19.4 Å². The summed E-state index contributed by atoms with van der Waals surface area (Å²) in [6.07, 6.45) is 4.61. The number of amides is 1. The van der Waals surface area contributed by atoms with Crippen LogP contribution in [-0.2, 0) is 9.59 Å². The van der Waals surface area contributed by atoms with Gasteiger partial charge in [-0.2, -0.15) is 0 Å². The van der Waals surface area contributed by atoms with E-state index in [0.29, 0.717) is 31.7 Å². The van der Waals surface area contributed by atoms with Gasteiger partial charge in [0, 0.05) is 44.0 Å². The number of carboxylic acids is 1. The van der Waals surface area contributed by atoms with Gasteiger partial charge in [-0.1, -0.05) is 18.2 Å². The highest BCUT2D eigenvalue weighted by Crippen LogP contribution is 2.33. The van der Waals surface area contributed by atoms with Crippen LogP contribution in [0.5, 0.6) is 5.75 Å². The van der Waals surface area contributed by atoms with Gasteiger partial charge in [-0.25, -0.2) is 4.79 Å². The fourth-order valence-corrected chi connectivity index (χ4v) is 3.52. The number of hydrogen-bond donors (Lipinski definition) is 2. The average Bonchev–Trinajstić information content (AvgIpc) is 2.68. The van der Waals surface area contributed by atoms with Crippen molar-refractivity contribution in [3.8, 4) is 5.75 Å². The van der Waals surface area contributed by atoms with Crippen LogP contribution in [-0.4, -0.2) is 40.8 Å². The number of pyridine rings is 1. The first-order chi connectivity index (χ1) is 13.0. The first-order valence-electron chi connectivity index (χ1n) is 8.92. The summed E-state index contributed by atoms with van der Waals surface area (Å²) >= 11 is 0. The number of carboxylic acid groups (broad SMARTS) is 1. The smallest absolute Gasteiger partial charge is 0.370 e. The van der Waals surface area contributed by atoms with Crippen molar-refractivity contribution in [2.24, 2.45) is 5.92 Å². The number of aromatic nitrogens is 1. The Hall–Kier alpha value is -2.51. The van der Waals surface area contributed by atoms with Crippen LogP contribution in [0.15, 0.2) is 54.9 Å². The zero-order chi connectivity index (χ0) is 19.3. The minimum absolute atomic E-state index is 0. The molecule has 0 saturated carbocycles. The number of rotatable bonds is 6. The summed E-state index contributed by atoms with van der Waals surface area (Å²) in [6, 6.07) is 12.6. The van der Waals surface area contributed by atoms with Crippen molar-refractivity contribution in [2.75, 3.05) is 18.0 Å². The van der Waals surface area contributed by atoms with E-state index in [-0.39, 0.29) is 30.7 Å². The van der Waals surface area contributed by atoms with Crippen LogP contribution in [0.25, 0.3) is 0 Å². The van der Waals surface area contributed by atoms with Crippen molar-refractivity contribution in [3.05, 3.63) is 54.9 Å². The maximum Gasteiger partial charge on any atom is 0.370 e. The number of carbonyl (C=O) groups excluding carboxylic acids is 1. The van der Waals surface area contributed by atoms with Crippen LogP contribution in [0.4, 0.5) is 5.69 Å². The largest absolute Gasteiger partial charge is 0.477 e. The monoisotopic (exact) mass is 441 g/mol. The van der Waals surface area contributed by atoms with E-state index in [2.05, 4.69) is 15.2 Å². The Morgan fingerprint density at radius 2 is 1.69 bits per heavy atom. The predicted molar refractivity (Wildman–Crippen MR) is 115 cm³/mol. The average molecular weight is 442 g/mol. The Bertz CT molecular complexity index is 787. The molecule has 29 heavy (non-hydrogen) atoms. The number of para-hydroxylation sites is 1. The van der Waals surface area contributed by atoms with Crippen LogP contribution in [0.3, 0.4) is 0 Å². The van der Waals surface area contributed by atoms with Crippen molar-refractivity contribution in [1.82, 2.24) is 10.3 Å². The number of benzene rings is 1. The number of nitrogens with zero attached hydrogens (tertiary/aromatic N) is 2. The molecule has 1 saturated heterocycles. The summed E-state index contributed by atoms with van der Waals surface area (Å²) in [4.78, 5) is 30.3. The van der Waals surface area contributed by atoms with E-state index in [4.69, 9.17) is 4.74 Å². The molecule has 0 radical (unpaired) electrons. The number of halogens is 2. The van der Waals surface area contributed by atoms with Gasteiger partial charge in [0.25, 0.3) is 5.72 Å². The molecule has 1 amide bonds. The van der Waals surface area contributed by atoms with E-state index < -0.39 is 17.6 Å². The number of nitrogens with one attached hydrogen (secondary N) is 1. The summed E-state index contributed by atoms with van der Waals surface area (Å²) in [6.45, 7) is 2.64. The molecule has 7 nitrogen and oxygen atoms in total. The Labute approximate surface area is 182 Å². The van der Waals surface area contributed by atoms with E-state index >= 15 is 0 Å². The molecule has 158 valence electrons. The Morgan fingerprint density at radius 1 is 1.10 bits per heavy atom. The highest BCUT2D eigenvalue weighted by atomic mass is 35.5. The standard InChI is InChI=1S/C20H23N3O4.2ClH/c1-15(24)22-20(19(25)26,27-18-5-3-2-4-6-18)16-9-13-23(14-10-16)17-7-11-21-12-8-17;;/h2-8,11-12,16H,9-10,13-14H2,1H3,(H,22,24)(H,25,26);2*1H. The predicted octanol–water partition coefficient (Wildman–Crippen LogP) is 3.14. The van der Waals surface area contributed by atoms with Gasteiger partial charge in [0.15, 0.2) is 0 Å². The molecule has 1 atom stereocenters. The second-order valence-electron chi connectivity index (χ2n) is 6.60. The van der Waals surface area contributed by atoms with Gasteiger partial charge < -0.3 is 20.1 Å². The molecule has 1 fully saturated rings. The maximum absolute atomic E-state index is 12.3. The topological polar surface area (TPSA) is 91.8 Å². The second-order valence-corrected chi connectivity index (χ2v) is 6.60. The summed E-state index contributed by atoms with van der Waals surface area (Å²) in [7, 11) is 0. The van der Waals surface area contributed by atoms with Gasteiger partial charge in [0.05, 0.1) is 0 Å². The first kappa shape index (κ1) is 24.5.